The van der Waals surface area contributed by atoms with Crippen molar-refractivity contribution < 1.29 is 0 Å². The molecule has 1 N–H and O–H groups in total. The van der Waals surface area contributed by atoms with Gasteiger partial charge in [-0.3, -0.25) is 0 Å². The fourth-order valence-electron chi connectivity index (χ4n) is 2.34. The van der Waals surface area contributed by atoms with Gasteiger partial charge < -0.3 is 9.88 Å². The molecular weight excluding hydrogens is 188 g/mol. The van der Waals surface area contributed by atoms with E-state index in [-0.39, 0.29) is 0 Å². The number of nitrogens with one attached hydrogen (secondary N) is 1. The molecule has 0 unspecified atom stereocenters. The van der Waals surface area contributed by atoms with E-state index in [2.05, 4.69) is 22.4 Å². The quantitative estimate of drug-likeness (QED) is 0.815. The second-order valence-corrected chi connectivity index (χ2v) is 4.57. The highest BCUT2D eigenvalue weighted by Crippen LogP contribution is 2.27. The van der Waals surface area contributed by atoms with Crippen LogP contribution in [0.25, 0.3) is 0 Å². The normalized spacial score (nSPS) is 19.6. The molecule has 1 saturated carbocycles. The largest absolute Gasteiger partial charge is 0.320 e. The van der Waals surface area contributed by atoms with Crippen LogP contribution < -0.4 is 5.32 Å². The zero-order valence-corrected chi connectivity index (χ0v) is 9.61. The Morgan fingerprint density at radius 1 is 1.53 bits per heavy atom. The molecule has 0 radical (unpaired) electrons. The number of aromatic nitrogens is 3. The van der Waals surface area contributed by atoms with Crippen LogP contribution in [-0.2, 0) is 13.6 Å². The van der Waals surface area contributed by atoms with Gasteiger partial charge in [0.25, 0.3) is 0 Å². The van der Waals surface area contributed by atoms with Gasteiger partial charge in [0.15, 0.2) is 0 Å². The highest BCUT2D eigenvalue weighted by atomic mass is 15.3. The number of aryl methyl sites for hydroxylation is 1. The van der Waals surface area contributed by atoms with Gasteiger partial charge >= 0.3 is 0 Å². The minimum absolute atomic E-state index is 0.601. The Labute approximate surface area is 91.1 Å². The topological polar surface area (TPSA) is 42.7 Å². The van der Waals surface area contributed by atoms with E-state index in [1.807, 2.05) is 11.6 Å². The summed E-state index contributed by atoms with van der Waals surface area (Å²) in [4.78, 5) is 0. The molecule has 1 fully saturated rings. The predicted molar refractivity (Wildman–Crippen MR) is 59.3 cm³/mol. The molecule has 0 saturated heterocycles. The third kappa shape index (κ3) is 2.56. The fraction of sp³-hybridized carbons (Fsp3) is 0.818. The van der Waals surface area contributed by atoms with Crippen LogP contribution in [0.15, 0.2) is 6.33 Å². The van der Waals surface area contributed by atoms with E-state index in [0.717, 1.165) is 18.3 Å². The summed E-state index contributed by atoms with van der Waals surface area (Å²) in [6.07, 6.45) is 7.32. The maximum Gasteiger partial charge on any atom is 0.146 e. The molecule has 0 amide bonds. The Bertz CT molecular complexity index is 301. The van der Waals surface area contributed by atoms with Crippen LogP contribution in [-0.4, -0.2) is 20.8 Å². The summed E-state index contributed by atoms with van der Waals surface area (Å²) in [6.45, 7) is 3.11. The molecule has 2 rings (SSSR count). The van der Waals surface area contributed by atoms with Crippen molar-refractivity contribution in [1.29, 1.82) is 0 Å². The van der Waals surface area contributed by atoms with Gasteiger partial charge in [0, 0.05) is 13.1 Å². The predicted octanol–water partition coefficient (Wildman–Crippen LogP) is 1.48. The Hall–Kier alpha value is -0.900. The molecule has 15 heavy (non-hydrogen) atoms. The molecule has 0 aliphatic heterocycles. The molecular formula is C11H20N4. The van der Waals surface area contributed by atoms with Crippen LogP contribution in [0.2, 0.25) is 0 Å². The lowest BCUT2D eigenvalue weighted by atomic mass is 10.00. The van der Waals surface area contributed by atoms with Gasteiger partial charge in [-0.1, -0.05) is 12.8 Å². The van der Waals surface area contributed by atoms with Crippen LogP contribution in [0.1, 0.15) is 38.4 Å². The van der Waals surface area contributed by atoms with Crippen LogP contribution in [0.4, 0.5) is 0 Å². The first-order valence-electron chi connectivity index (χ1n) is 5.83. The molecule has 1 heterocycles. The van der Waals surface area contributed by atoms with Gasteiger partial charge in [0.1, 0.15) is 12.2 Å². The molecule has 0 spiro atoms. The Kier molecular flexibility index (Phi) is 3.36. The van der Waals surface area contributed by atoms with Crippen LogP contribution >= 0.6 is 0 Å². The van der Waals surface area contributed by atoms with Crippen molar-refractivity contribution in [3.63, 3.8) is 0 Å². The summed E-state index contributed by atoms with van der Waals surface area (Å²) < 4.78 is 1.97. The molecule has 0 bridgehead atoms. The first-order chi connectivity index (χ1) is 7.27. The second kappa shape index (κ2) is 4.75. The van der Waals surface area contributed by atoms with Crippen molar-refractivity contribution in [3.05, 3.63) is 12.2 Å². The summed E-state index contributed by atoms with van der Waals surface area (Å²) in [7, 11) is 1.98. The average Bonchev–Trinajstić information content (AvgIpc) is 2.85. The van der Waals surface area contributed by atoms with E-state index in [9.17, 15) is 0 Å². The molecule has 1 atom stereocenters. The monoisotopic (exact) mass is 208 g/mol. The second-order valence-electron chi connectivity index (χ2n) is 4.57. The van der Waals surface area contributed by atoms with Crippen molar-refractivity contribution in [2.24, 2.45) is 13.0 Å². The van der Waals surface area contributed by atoms with Crippen LogP contribution in [0, 0.1) is 5.92 Å². The molecule has 0 aromatic carbocycles. The minimum Gasteiger partial charge on any atom is -0.320 e. The number of rotatable bonds is 4. The van der Waals surface area contributed by atoms with E-state index in [1.165, 1.54) is 25.7 Å². The zero-order valence-electron chi connectivity index (χ0n) is 9.61. The Balaban J connectivity index is 1.80. The van der Waals surface area contributed by atoms with Gasteiger partial charge in [-0.2, -0.15) is 0 Å². The summed E-state index contributed by atoms with van der Waals surface area (Å²) in [5.41, 5.74) is 0. The lowest BCUT2D eigenvalue weighted by Gasteiger charge is -2.19. The summed E-state index contributed by atoms with van der Waals surface area (Å²) in [5.74, 6) is 1.87. The van der Waals surface area contributed by atoms with E-state index in [1.54, 1.807) is 6.33 Å². The van der Waals surface area contributed by atoms with E-state index in [4.69, 9.17) is 0 Å². The highest BCUT2D eigenvalue weighted by Gasteiger charge is 2.21. The molecule has 1 aromatic heterocycles. The standard InChI is InChI=1S/C11H20N4/c1-9(10-5-3-4-6-10)12-7-11-14-13-8-15(11)2/h8-10,12H,3-7H2,1-2H3/t9-/m0/s1. The van der Waals surface area contributed by atoms with Crippen molar-refractivity contribution in [2.45, 2.75) is 45.2 Å². The smallest absolute Gasteiger partial charge is 0.146 e. The number of hydrogen-bond donors (Lipinski definition) is 1. The van der Waals surface area contributed by atoms with Crippen LogP contribution in [0.3, 0.4) is 0 Å². The van der Waals surface area contributed by atoms with E-state index in [0.29, 0.717) is 6.04 Å². The zero-order chi connectivity index (χ0) is 10.7. The van der Waals surface area contributed by atoms with Crippen molar-refractivity contribution in [2.75, 3.05) is 0 Å². The third-order valence-corrected chi connectivity index (χ3v) is 3.49. The first-order valence-corrected chi connectivity index (χ1v) is 5.83. The fourth-order valence-corrected chi connectivity index (χ4v) is 2.34. The summed E-state index contributed by atoms with van der Waals surface area (Å²) in [5, 5.41) is 11.5. The third-order valence-electron chi connectivity index (χ3n) is 3.49. The van der Waals surface area contributed by atoms with Gasteiger partial charge in [-0.15, -0.1) is 10.2 Å². The van der Waals surface area contributed by atoms with Crippen molar-refractivity contribution >= 4 is 0 Å². The van der Waals surface area contributed by atoms with E-state index < -0.39 is 0 Å². The van der Waals surface area contributed by atoms with Gasteiger partial charge in [-0.25, -0.2) is 0 Å². The van der Waals surface area contributed by atoms with Gasteiger partial charge in [0.2, 0.25) is 0 Å². The number of hydrogen-bond acceptors (Lipinski definition) is 3. The molecule has 4 nitrogen and oxygen atoms in total. The maximum absolute atomic E-state index is 4.06. The minimum atomic E-state index is 0.601. The SMILES string of the molecule is C[C@H](NCc1nncn1C)C1CCCC1. The Morgan fingerprint density at radius 2 is 2.27 bits per heavy atom. The van der Waals surface area contributed by atoms with Crippen molar-refractivity contribution in [3.8, 4) is 0 Å². The summed E-state index contributed by atoms with van der Waals surface area (Å²) >= 11 is 0. The van der Waals surface area contributed by atoms with Crippen molar-refractivity contribution in [1.82, 2.24) is 20.1 Å². The van der Waals surface area contributed by atoms with Gasteiger partial charge in [0.05, 0.1) is 6.54 Å². The Morgan fingerprint density at radius 3 is 2.87 bits per heavy atom. The van der Waals surface area contributed by atoms with Crippen LogP contribution in [0.5, 0.6) is 0 Å². The molecule has 1 aliphatic carbocycles. The molecule has 1 aromatic rings. The molecule has 1 aliphatic rings. The number of nitrogens with zero attached hydrogens (tertiary/aromatic N) is 3. The summed E-state index contributed by atoms with van der Waals surface area (Å²) in [6, 6.07) is 0.601. The highest BCUT2D eigenvalue weighted by molar-refractivity contribution is 4.85. The van der Waals surface area contributed by atoms with E-state index >= 15 is 0 Å². The molecule has 84 valence electrons. The average molecular weight is 208 g/mol. The van der Waals surface area contributed by atoms with Gasteiger partial charge in [-0.05, 0) is 25.7 Å². The lowest BCUT2D eigenvalue weighted by Crippen LogP contribution is -2.32. The molecule has 4 heteroatoms. The maximum atomic E-state index is 4.06. The first kappa shape index (κ1) is 10.6. The lowest BCUT2D eigenvalue weighted by molar-refractivity contribution is 0.375.